The third-order valence-electron chi connectivity index (χ3n) is 3.04. The van der Waals surface area contributed by atoms with Gasteiger partial charge in [0, 0.05) is 11.1 Å². The van der Waals surface area contributed by atoms with Gasteiger partial charge in [0.25, 0.3) is 0 Å². The van der Waals surface area contributed by atoms with Crippen LogP contribution < -0.4 is 0 Å². The Hall–Kier alpha value is -0.940. The Morgan fingerprint density at radius 2 is 1.83 bits per heavy atom. The molecule has 122 valence electrons. The van der Waals surface area contributed by atoms with Gasteiger partial charge < -0.3 is 4.74 Å². The summed E-state index contributed by atoms with van der Waals surface area (Å²) in [6, 6.07) is 10.1. The SMILES string of the molecule is Cc1cn[nH]c1I.Cc1cnn(COCc2ccccc2)c1I. The molecule has 0 aliphatic carbocycles. The van der Waals surface area contributed by atoms with Gasteiger partial charge in [-0.05, 0) is 64.6 Å². The van der Waals surface area contributed by atoms with E-state index in [0.717, 1.165) is 7.40 Å². The van der Waals surface area contributed by atoms with Crippen LogP contribution in [0.4, 0.5) is 0 Å². The predicted octanol–water partition coefficient (Wildman–Crippen LogP) is 4.29. The highest BCUT2D eigenvalue weighted by Gasteiger charge is 2.02. The van der Waals surface area contributed by atoms with Crippen LogP contribution in [0.1, 0.15) is 16.7 Å². The molecule has 0 atom stereocenters. The number of halogens is 2. The molecule has 0 spiro atoms. The number of benzene rings is 1. The number of hydrogen-bond donors (Lipinski definition) is 1. The van der Waals surface area contributed by atoms with Crippen molar-refractivity contribution in [3.05, 3.63) is 66.8 Å². The fourth-order valence-corrected chi connectivity index (χ4v) is 2.39. The van der Waals surface area contributed by atoms with E-state index in [0.29, 0.717) is 13.3 Å². The third-order valence-corrected chi connectivity index (χ3v) is 5.53. The lowest BCUT2D eigenvalue weighted by Gasteiger charge is -2.05. The molecule has 0 unspecified atom stereocenters. The molecule has 5 nitrogen and oxygen atoms in total. The summed E-state index contributed by atoms with van der Waals surface area (Å²) >= 11 is 4.48. The van der Waals surface area contributed by atoms with Crippen molar-refractivity contribution in [2.45, 2.75) is 27.2 Å². The largest absolute Gasteiger partial charge is 0.355 e. The third kappa shape index (κ3) is 5.88. The van der Waals surface area contributed by atoms with E-state index in [4.69, 9.17) is 4.74 Å². The molecule has 3 aromatic rings. The second kappa shape index (κ2) is 9.38. The monoisotopic (exact) mass is 536 g/mol. The van der Waals surface area contributed by atoms with E-state index in [1.54, 1.807) is 0 Å². The Morgan fingerprint density at radius 1 is 1.09 bits per heavy atom. The summed E-state index contributed by atoms with van der Waals surface area (Å²) in [6.45, 7) is 5.19. The number of aryl methyl sites for hydroxylation is 2. The molecule has 0 radical (unpaired) electrons. The lowest BCUT2D eigenvalue weighted by atomic mass is 10.2. The maximum Gasteiger partial charge on any atom is 0.140 e. The van der Waals surface area contributed by atoms with E-state index < -0.39 is 0 Å². The van der Waals surface area contributed by atoms with Crippen LogP contribution in [0.3, 0.4) is 0 Å². The highest BCUT2D eigenvalue weighted by Crippen LogP contribution is 2.10. The molecule has 3 rings (SSSR count). The molecule has 23 heavy (non-hydrogen) atoms. The Morgan fingerprint density at radius 3 is 2.30 bits per heavy atom. The van der Waals surface area contributed by atoms with E-state index in [2.05, 4.69) is 72.6 Å². The van der Waals surface area contributed by atoms with E-state index in [1.165, 1.54) is 16.7 Å². The maximum absolute atomic E-state index is 5.60. The molecule has 2 aromatic heterocycles. The zero-order chi connectivity index (χ0) is 16.7. The number of nitrogens with zero attached hydrogens (tertiary/aromatic N) is 3. The van der Waals surface area contributed by atoms with Gasteiger partial charge in [-0.25, -0.2) is 4.68 Å². The van der Waals surface area contributed by atoms with Gasteiger partial charge in [-0.2, -0.15) is 10.2 Å². The first-order valence-corrected chi connectivity index (χ1v) is 9.18. The van der Waals surface area contributed by atoms with Gasteiger partial charge in [0.2, 0.25) is 0 Å². The number of aromatic amines is 1. The van der Waals surface area contributed by atoms with Crippen molar-refractivity contribution in [3.63, 3.8) is 0 Å². The second-order valence-electron chi connectivity index (χ2n) is 4.95. The molecule has 0 saturated heterocycles. The number of hydrogen-bond acceptors (Lipinski definition) is 3. The van der Waals surface area contributed by atoms with Gasteiger partial charge in [0.15, 0.2) is 0 Å². The lowest BCUT2D eigenvalue weighted by molar-refractivity contribution is 0.0544. The van der Waals surface area contributed by atoms with Crippen LogP contribution in [0, 0.1) is 21.2 Å². The topological polar surface area (TPSA) is 55.7 Å². The minimum atomic E-state index is 0.501. The minimum Gasteiger partial charge on any atom is -0.355 e. The van der Waals surface area contributed by atoms with Gasteiger partial charge in [-0.1, -0.05) is 30.3 Å². The molecule has 0 fully saturated rings. The molecule has 1 aromatic carbocycles. The van der Waals surface area contributed by atoms with Crippen molar-refractivity contribution in [1.82, 2.24) is 20.0 Å². The summed E-state index contributed by atoms with van der Waals surface area (Å²) in [5, 5.41) is 10.8. The highest BCUT2D eigenvalue weighted by atomic mass is 127. The summed E-state index contributed by atoms with van der Waals surface area (Å²) in [4.78, 5) is 0. The number of ether oxygens (including phenoxy) is 1. The molecule has 0 aliphatic rings. The summed E-state index contributed by atoms with van der Waals surface area (Å²) in [6.07, 6.45) is 3.66. The second-order valence-corrected chi connectivity index (χ2v) is 7.05. The van der Waals surface area contributed by atoms with Crippen LogP contribution in [0.15, 0.2) is 42.7 Å². The number of aromatic nitrogens is 4. The summed E-state index contributed by atoms with van der Waals surface area (Å²) in [5.74, 6) is 0. The Labute approximate surface area is 163 Å². The van der Waals surface area contributed by atoms with Gasteiger partial charge >= 0.3 is 0 Å². The average Bonchev–Trinajstić information content (AvgIpc) is 3.08. The van der Waals surface area contributed by atoms with Crippen LogP contribution in [0.25, 0.3) is 0 Å². The van der Waals surface area contributed by atoms with Crippen molar-refractivity contribution in [1.29, 1.82) is 0 Å². The zero-order valence-electron chi connectivity index (χ0n) is 13.0. The lowest BCUT2D eigenvalue weighted by Crippen LogP contribution is -2.06. The molecule has 0 aliphatic heterocycles. The molecule has 0 bridgehead atoms. The number of nitrogens with one attached hydrogen (secondary N) is 1. The van der Waals surface area contributed by atoms with Crippen LogP contribution in [-0.2, 0) is 18.1 Å². The minimum absolute atomic E-state index is 0.501. The molecular weight excluding hydrogens is 518 g/mol. The first-order chi connectivity index (χ1) is 11.1. The first-order valence-electron chi connectivity index (χ1n) is 7.03. The van der Waals surface area contributed by atoms with Crippen molar-refractivity contribution >= 4 is 45.2 Å². The quantitative estimate of drug-likeness (QED) is 0.507. The highest BCUT2D eigenvalue weighted by molar-refractivity contribution is 14.1. The molecule has 0 amide bonds. The zero-order valence-corrected chi connectivity index (χ0v) is 17.3. The van der Waals surface area contributed by atoms with Crippen LogP contribution in [0.2, 0.25) is 0 Å². The van der Waals surface area contributed by atoms with E-state index in [9.17, 15) is 0 Å². The van der Waals surface area contributed by atoms with Crippen molar-refractivity contribution in [2.24, 2.45) is 0 Å². The van der Waals surface area contributed by atoms with Gasteiger partial charge in [0.05, 0.1) is 22.7 Å². The molecular formula is C16H18I2N4O. The standard InChI is InChI=1S/C12H13IN2O.C4H5IN2/c1-10-7-14-15(12(10)13)9-16-8-11-5-3-2-4-6-11;1-3-2-6-7-4(3)5/h2-7H,8-9H2,1H3;2H,1H3,(H,6,7). The molecule has 1 N–H and O–H groups in total. The fraction of sp³-hybridized carbons (Fsp3) is 0.250. The molecule has 7 heteroatoms. The van der Waals surface area contributed by atoms with E-state index in [1.807, 2.05) is 49.1 Å². The smallest absolute Gasteiger partial charge is 0.140 e. The average molecular weight is 536 g/mol. The van der Waals surface area contributed by atoms with Gasteiger partial charge in [0.1, 0.15) is 10.4 Å². The molecule has 0 saturated carbocycles. The first kappa shape index (κ1) is 18.4. The van der Waals surface area contributed by atoms with Gasteiger partial charge in [-0.3, -0.25) is 5.10 Å². The predicted molar refractivity (Wildman–Crippen MR) is 107 cm³/mol. The normalized spacial score (nSPS) is 10.3. The van der Waals surface area contributed by atoms with Crippen molar-refractivity contribution < 1.29 is 4.74 Å². The van der Waals surface area contributed by atoms with Gasteiger partial charge in [-0.15, -0.1) is 0 Å². The van der Waals surface area contributed by atoms with Crippen molar-refractivity contribution in [2.75, 3.05) is 0 Å². The van der Waals surface area contributed by atoms with E-state index >= 15 is 0 Å². The van der Waals surface area contributed by atoms with Crippen LogP contribution in [0.5, 0.6) is 0 Å². The maximum atomic E-state index is 5.60. The Balaban J connectivity index is 0.000000229. The van der Waals surface area contributed by atoms with Crippen LogP contribution >= 0.6 is 45.2 Å². The fourth-order valence-electron chi connectivity index (χ4n) is 1.71. The number of H-pyrrole nitrogens is 1. The number of rotatable bonds is 4. The summed E-state index contributed by atoms with van der Waals surface area (Å²) in [7, 11) is 0. The Kier molecular flexibility index (Phi) is 7.50. The van der Waals surface area contributed by atoms with Crippen LogP contribution in [-0.4, -0.2) is 20.0 Å². The van der Waals surface area contributed by atoms with Crippen molar-refractivity contribution in [3.8, 4) is 0 Å². The summed E-state index contributed by atoms with van der Waals surface area (Å²) < 4.78 is 9.71. The Bertz CT molecular complexity index is 708. The summed E-state index contributed by atoms with van der Waals surface area (Å²) in [5.41, 5.74) is 3.57. The van der Waals surface area contributed by atoms with E-state index in [-0.39, 0.29) is 0 Å². The molecule has 2 heterocycles.